The molecule has 0 saturated carbocycles. The third-order valence-corrected chi connectivity index (χ3v) is 7.14. The van der Waals surface area contributed by atoms with Gasteiger partial charge in [-0.05, 0) is 35.2 Å². The van der Waals surface area contributed by atoms with E-state index in [0.717, 1.165) is 5.56 Å². The van der Waals surface area contributed by atoms with Crippen LogP contribution in [0.4, 0.5) is 0 Å². The number of halogens is 1. The lowest BCUT2D eigenvalue weighted by Gasteiger charge is -2.24. The van der Waals surface area contributed by atoms with E-state index in [1.807, 2.05) is 24.3 Å². The topological polar surface area (TPSA) is 67.6 Å². The zero-order valence-corrected chi connectivity index (χ0v) is 17.6. The summed E-state index contributed by atoms with van der Waals surface area (Å²) in [5.41, 5.74) is 1.08. The summed E-state index contributed by atoms with van der Waals surface area (Å²) in [5, 5.41) is 4.83. The number of hydrogen-bond donors (Lipinski definition) is 0. The molecule has 0 radical (unpaired) electrons. The normalized spacial score (nSPS) is 21.1. The van der Waals surface area contributed by atoms with Gasteiger partial charge in [0.2, 0.25) is 5.91 Å². The van der Waals surface area contributed by atoms with E-state index in [1.54, 1.807) is 35.2 Å². The minimum absolute atomic E-state index is 0.0531. The van der Waals surface area contributed by atoms with Crippen LogP contribution >= 0.6 is 11.6 Å². The van der Waals surface area contributed by atoms with E-state index in [2.05, 4.69) is 23.3 Å². The molecule has 2 aromatic rings. The number of rotatable bonds is 4. The molecule has 146 valence electrons. The molecule has 0 aliphatic carbocycles. The van der Waals surface area contributed by atoms with Crippen LogP contribution in [0.2, 0.25) is 5.02 Å². The molecule has 3 rings (SSSR count). The van der Waals surface area contributed by atoms with Crippen molar-refractivity contribution in [2.24, 2.45) is 16.8 Å². The lowest BCUT2D eigenvalue weighted by atomic mass is 9.79. The molecule has 1 fully saturated rings. The van der Waals surface area contributed by atoms with Crippen LogP contribution in [0.3, 0.4) is 0 Å². The summed E-state index contributed by atoms with van der Waals surface area (Å²) in [4.78, 5) is 15.1. The largest absolute Gasteiger partial charge is 0.340 e. The third-order valence-electron chi connectivity index (χ3n) is 5.12. The second-order valence-corrected chi connectivity index (χ2v) is 10.6. The lowest BCUT2D eigenvalue weighted by Crippen LogP contribution is -2.32. The number of hydrogen-bond acceptors (Lipinski definition) is 4. The number of amides is 1. The highest BCUT2D eigenvalue weighted by Crippen LogP contribution is 2.42. The van der Waals surface area contributed by atoms with Gasteiger partial charge in [-0.1, -0.05) is 25.4 Å². The van der Waals surface area contributed by atoms with Gasteiger partial charge >= 0.3 is 0 Å². The van der Waals surface area contributed by atoms with Crippen LogP contribution in [-0.4, -0.2) is 50.7 Å². The first-order valence-corrected chi connectivity index (χ1v) is 11.1. The van der Waals surface area contributed by atoms with Crippen molar-refractivity contribution in [2.75, 3.05) is 25.9 Å². The number of nitrogens with zero attached hydrogens (tertiary/aromatic N) is 4. The van der Waals surface area contributed by atoms with Gasteiger partial charge in [0.25, 0.3) is 0 Å². The van der Waals surface area contributed by atoms with Crippen LogP contribution in [0, 0.1) is 5.41 Å². The Morgan fingerprint density at radius 1 is 1.37 bits per heavy atom. The molecule has 8 heteroatoms. The van der Waals surface area contributed by atoms with E-state index >= 15 is 0 Å². The summed E-state index contributed by atoms with van der Waals surface area (Å²) in [6, 6.07) is 6.74. The van der Waals surface area contributed by atoms with E-state index < -0.39 is 9.73 Å². The van der Waals surface area contributed by atoms with Crippen LogP contribution in [-0.2, 0) is 21.6 Å². The molecule has 1 aromatic heterocycles. The van der Waals surface area contributed by atoms with E-state index in [1.165, 1.54) is 0 Å². The van der Waals surface area contributed by atoms with Gasteiger partial charge in [0, 0.05) is 48.4 Å². The fraction of sp³-hybridized carbons (Fsp3) is 0.474. The summed E-state index contributed by atoms with van der Waals surface area (Å²) >= 11 is 5.88. The van der Waals surface area contributed by atoms with Crippen molar-refractivity contribution < 1.29 is 9.00 Å². The van der Waals surface area contributed by atoms with E-state index in [-0.39, 0.29) is 23.8 Å². The summed E-state index contributed by atoms with van der Waals surface area (Å²) < 4.78 is 18.9. The summed E-state index contributed by atoms with van der Waals surface area (Å²) in [5.74, 6) is 0.121. The molecule has 6 nitrogen and oxygen atoms in total. The Hall–Kier alpha value is -1.86. The molecule has 1 aliphatic rings. The van der Waals surface area contributed by atoms with E-state index in [0.29, 0.717) is 23.0 Å². The molecule has 1 aliphatic heterocycles. The highest BCUT2D eigenvalue weighted by Gasteiger charge is 2.42. The molecule has 1 amide bonds. The molecular weight excluding hydrogens is 384 g/mol. The Morgan fingerprint density at radius 2 is 2.04 bits per heavy atom. The zero-order valence-electron chi connectivity index (χ0n) is 16.1. The number of carbonyl (C=O) groups is 1. The second-order valence-electron chi connectivity index (χ2n) is 7.81. The first-order chi connectivity index (χ1) is 12.6. The molecule has 2 unspecified atom stereocenters. The van der Waals surface area contributed by atoms with Gasteiger partial charge in [0.15, 0.2) is 0 Å². The Balaban J connectivity index is 1.73. The number of carbonyl (C=O) groups excluding carboxylic acids is 1. The first-order valence-electron chi connectivity index (χ1n) is 8.78. The smallest absolute Gasteiger partial charge is 0.245 e. The Morgan fingerprint density at radius 3 is 2.63 bits per heavy atom. The second kappa shape index (κ2) is 7.28. The molecule has 0 bridgehead atoms. The fourth-order valence-electron chi connectivity index (χ4n) is 3.54. The number of likely N-dealkylation sites (tertiary alicyclic amines) is 1. The van der Waals surface area contributed by atoms with Gasteiger partial charge < -0.3 is 4.90 Å². The van der Waals surface area contributed by atoms with Crippen LogP contribution in [0.15, 0.2) is 45.9 Å². The highest BCUT2D eigenvalue weighted by atomic mass is 35.5. The molecule has 1 aromatic carbocycles. The molecular formula is C19H25ClN4O2S. The molecule has 0 spiro atoms. The zero-order chi connectivity index (χ0) is 19.8. The number of aromatic nitrogens is 2. The molecule has 1 saturated heterocycles. The molecule has 2 atom stereocenters. The monoisotopic (exact) mass is 408 g/mol. The van der Waals surface area contributed by atoms with Gasteiger partial charge in [-0.25, -0.2) is 8.57 Å². The maximum Gasteiger partial charge on any atom is 0.245 e. The van der Waals surface area contributed by atoms with Crippen molar-refractivity contribution in [1.82, 2.24) is 14.7 Å². The SMILES string of the molecule is Cn1cc(C2CN(C(=O)CN=S(C)(=O)c3ccc(Cl)cc3)CC2(C)C)cn1. The van der Waals surface area contributed by atoms with Crippen molar-refractivity contribution in [3.05, 3.63) is 47.2 Å². The fourth-order valence-corrected chi connectivity index (χ4v) is 4.81. The van der Waals surface area contributed by atoms with Gasteiger partial charge in [-0.2, -0.15) is 5.10 Å². The van der Waals surface area contributed by atoms with Crippen molar-refractivity contribution in [3.8, 4) is 0 Å². The molecule has 27 heavy (non-hydrogen) atoms. The van der Waals surface area contributed by atoms with Crippen molar-refractivity contribution in [1.29, 1.82) is 0 Å². The summed E-state index contributed by atoms with van der Waals surface area (Å²) in [6.07, 6.45) is 5.42. The Bertz CT molecular complexity index is 958. The van der Waals surface area contributed by atoms with Crippen molar-refractivity contribution in [2.45, 2.75) is 24.7 Å². The predicted molar refractivity (Wildman–Crippen MR) is 107 cm³/mol. The Labute approximate surface area is 165 Å². The van der Waals surface area contributed by atoms with Gasteiger partial charge in [-0.15, -0.1) is 0 Å². The summed E-state index contributed by atoms with van der Waals surface area (Å²) in [6.45, 7) is 5.50. The third kappa shape index (κ3) is 4.35. The average Bonchev–Trinajstić information content (AvgIpc) is 3.15. The highest BCUT2D eigenvalue weighted by molar-refractivity contribution is 7.93. The summed E-state index contributed by atoms with van der Waals surface area (Å²) in [7, 11) is -0.746. The standard InChI is InChI=1S/C19H25ClN4O2S/c1-19(2)13-24(12-17(19)14-9-21-23(3)11-14)18(25)10-22-27(4,26)16-7-5-15(20)6-8-16/h5-9,11,17H,10,12-13H2,1-4H3. The minimum atomic E-state index is -2.64. The van der Waals surface area contributed by atoms with Gasteiger partial charge in [0.1, 0.15) is 6.54 Å². The maximum absolute atomic E-state index is 12.8. The minimum Gasteiger partial charge on any atom is -0.340 e. The van der Waals surface area contributed by atoms with Gasteiger partial charge in [0.05, 0.1) is 15.9 Å². The van der Waals surface area contributed by atoms with Crippen molar-refractivity contribution >= 4 is 27.2 Å². The van der Waals surface area contributed by atoms with Crippen LogP contribution < -0.4 is 0 Å². The van der Waals surface area contributed by atoms with E-state index in [4.69, 9.17) is 11.6 Å². The average molecular weight is 409 g/mol. The quantitative estimate of drug-likeness (QED) is 0.780. The van der Waals surface area contributed by atoms with E-state index in [9.17, 15) is 9.00 Å². The molecule has 0 N–H and O–H groups in total. The first kappa shape index (κ1) is 19.9. The van der Waals surface area contributed by atoms with Crippen LogP contribution in [0.1, 0.15) is 25.3 Å². The van der Waals surface area contributed by atoms with Crippen molar-refractivity contribution in [3.63, 3.8) is 0 Å². The predicted octanol–water partition coefficient (Wildman–Crippen LogP) is 3.18. The number of aryl methyl sites for hydroxylation is 1. The lowest BCUT2D eigenvalue weighted by molar-refractivity contribution is -0.128. The van der Waals surface area contributed by atoms with Crippen LogP contribution in [0.5, 0.6) is 0 Å². The maximum atomic E-state index is 12.8. The van der Waals surface area contributed by atoms with Gasteiger partial charge in [-0.3, -0.25) is 9.48 Å². The Kier molecular flexibility index (Phi) is 5.36. The number of benzene rings is 1. The van der Waals surface area contributed by atoms with Crippen LogP contribution in [0.25, 0.3) is 0 Å². The molecule has 2 heterocycles.